The van der Waals surface area contributed by atoms with Crippen LogP contribution in [0.15, 0.2) is 35.3 Å². The third kappa shape index (κ3) is 4.10. The van der Waals surface area contributed by atoms with E-state index >= 15 is 4.39 Å². The molecule has 2 heterocycles. The van der Waals surface area contributed by atoms with Gasteiger partial charge in [-0.05, 0) is 31.0 Å². The van der Waals surface area contributed by atoms with Crippen LogP contribution in [0.4, 0.5) is 4.39 Å². The van der Waals surface area contributed by atoms with Crippen molar-refractivity contribution in [1.82, 2.24) is 9.55 Å². The maximum Gasteiger partial charge on any atom is 0.341 e. The molecule has 1 aliphatic rings. The Morgan fingerprint density at radius 2 is 2.13 bits per heavy atom. The van der Waals surface area contributed by atoms with Crippen LogP contribution in [-0.4, -0.2) is 34.1 Å². The minimum atomic E-state index is -1.35. The number of hydrogen-bond donors (Lipinski definition) is 4. The lowest BCUT2D eigenvalue weighted by Gasteiger charge is -2.18. The van der Waals surface area contributed by atoms with Crippen LogP contribution in [0.3, 0.4) is 0 Å². The average molecular weight is 427 g/mol. The maximum atomic E-state index is 15.1. The Hall–Kier alpha value is -3.79. The molecule has 2 aromatic heterocycles. The van der Waals surface area contributed by atoms with Crippen molar-refractivity contribution >= 4 is 23.2 Å². The minimum Gasteiger partial charge on any atom is -0.494 e. The summed E-state index contributed by atoms with van der Waals surface area (Å²) >= 11 is 0. The fraction of sp³-hybridized carbons (Fsp3) is 0.238. The van der Waals surface area contributed by atoms with Crippen LogP contribution in [0.2, 0.25) is 0 Å². The largest absolute Gasteiger partial charge is 0.494 e. The van der Waals surface area contributed by atoms with Crippen LogP contribution < -0.4 is 21.6 Å². The third-order valence-corrected chi connectivity index (χ3v) is 4.87. The first kappa shape index (κ1) is 21.9. The number of halogens is 1. The van der Waals surface area contributed by atoms with Crippen LogP contribution in [0, 0.1) is 11.2 Å². The highest BCUT2D eigenvalue weighted by molar-refractivity contribution is 5.97. The summed E-state index contributed by atoms with van der Waals surface area (Å²) in [5.74, 6) is -1.91. The van der Waals surface area contributed by atoms with Crippen molar-refractivity contribution in [2.45, 2.75) is 25.4 Å². The van der Waals surface area contributed by atoms with Crippen molar-refractivity contribution in [3.8, 4) is 17.0 Å². The number of carboxylic acids is 1. The monoisotopic (exact) mass is 427 g/mol. The normalized spacial score (nSPS) is 12.7. The van der Waals surface area contributed by atoms with Crippen molar-refractivity contribution in [2.75, 3.05) is 7.11 Å². The van der Waals surface area contributed by atoms with E-state index < -0.39 is 22.8 Å². The summed E-state index contributed by atoms with van der Waals surface area (Å²) in [6.07, 6.45) is 3.75. The Morgan fingerprint density at radius 3 is 2.68 bits per heavy atom. The van der Waals surface area contributed by atoms with Gasteiger partial charge in [-0.1, -0.05) is 6.07 Å². The summed E-state index contributed by atoms with van der Waals surface area (Å²) in [5.41, 5.74) is 10.3. The number of rotatable bonds is 5. The molecule has 0 saturated heterocycles. The molecule has 10 heteroatoms. The summed E-state index contributed by atoms with van der Waals surface area (Å²) in [6, 6.07) is 6.19. The Labute approximate surface area is 176 Å². The predicted molar refractivity (Wildman–Crippen MR) is 114 cm³/mol. The third-order valence-electron chi connectivity index (χ3n) is 4.87. The molecule has 4 rings (SSSR count). The molecule has 3 aromatic rings. The molecule has 9 nitrogen and oxygen atoms in total. The van der Waals surface area contributed by atoms with E-state index in [4.69, 9.17) is 15.9 Å². The fourth-order valence-electron chi connectivity index (χ4n) is 3.42. The highest BCUT2D eigenvalue weighted by Crippen LogP contribution is 2.43. The molecule has 0 bridgehead atoms. The van der Waals surface area contributed by atoms with Crippen molar-refractivity contribution in [1.29, 1.82) is 5.41 Å². The maximum absolute atomic E-state index is 15.1. The molecular formula is C21H22FN5O4. The van der Waals surface area contributed by atoms with E-state index in [2.05, 4.69) is 10.7 Å². The number of nitrogens with zero attached hydrogens (tertiary/aromatic N) is 2. The number of carboxylic acid groups (broad SMARTS) is 1. The lowest BCUT2D eigenvalue weighted by atomic mass is 10.0. The summed E-state index contributed by atoms with van der Waals surface area (Å²) in [5, 5.41) is 15.2. The number of carbonyl (C=O) groups is 1. The summed E-state index contributed by atoms with van der Waals surface area (Å²) in [4.78, 5) is 28.6. The minimum absolute atomic E-state index is 0.0279. The lowest BCUT2D eigenvalue weighted by molar-refractivity contribution is 0.0695. The first-order chi connectivity index (χ1) is 14.9. The molecule has 1 aromatic carbocycles. The Kier molecular flexibility index (Phi) is 6.30. The van der Waals surface area contributed by atoms with Crippen LogP contribution in [0.25, 0.3) is 22.2 Å². The highest BCUT2D eigenvalue weighted by atomic mass is 19.1. The van der Waals surface area contributed by atoms with Gasteiger partial charge in [-0.15, -0.1) is 0 Å². The summed E-state index contributed by atoms with van der Waals surface area (Å²) < 4.78 is 22.3. The zero-order valence-electron chi connectivity index (χ0n) is 16.8. The van der Waals surface area contributed by atoms with Gasteiger partial charge in [0.05, 0.1) is 41.3 Å². The van der Waals surface area contributed by atoms with Crippen molar-refractivity contribution in [3.63, 3.8) is 0 Å². The Balaban J connectivity index is 0.000000858. The SMILES string of the molecule is COc1c(-c2cccc(CN)n2)c(F)cc2c(=O)c(C(=O)O)cn(C3CC3)c12.N=CN. The molecule has 1 fully saturated rings. The van der Waals surface area contributed by atoms with Gasteiger partial charge in [-0.3, -0.25) is 15.2 Å². The first-order valence-corrected chi connectivity index (χ1v) is 9.43. The molecule has 162 valence electrons. The van der Waals surface area contributed by atoms with Crippen molar-refractivity contribution < 1.29 is 19.0 Å². The number of fused-ring (bicyclic) bond motifs is 1. The standard InChI is InChI=1S/C20H18FN3O4.CH4N2/c1-28-19-16(15-4-2-3-10(8-22)23-15)14(21)7-12-17(19)24(11-5-6-11)9-13(18(12)25)20(26)27;2-1-3/h2-4,7,9,11H,5-6,8,22H2,1H3,(H,26,27);1H,(H3,2,3). The van der Waals surface area contributed by atoms with E-state index in [0.29, 0.717) is 16.9 Å². The molecule has 0 spiro atoms. The molecule has 0 unspecified atom stereocenters. The van der Waals surface area contributed by atoms with Gasteiger partial charge in [-0.2, -0.15) is 0 Å². The molecule has 1 saturated carbocycles. The molecule has 0 aliphatic heterocycles. The Morgan fingerprint density at radius 1 is 1.45 bits per heavy atom. The first-order valence-electron chi connectivity index (χ1n) is 9.43. The van der Waals surface area contributed by atoms with Crippen molar-refractivity contribution in [2.24, 2.45) is 11.5 Å². The van der Waals surface area contributed by atoms with Crippen LogP contribution in [-0.2, 0) is 6.54 Å². The number of aromatic nitrogens is 2. The second-order valence-electron chi connectivity index (χ2n) is 6.86. The van der Waals surface area contributed by atoms with Gasteiger partial charge in [0.25, 0.3) is 0 Å². The highest BCUT2D eigenvalue weighted by Gasteiger charge is 2.30. The van der Waals surface area contributed by atoms with Gasteiger partial charge in [-0.25, -0.2) is 9.18 Å². The lowest BCUT2D eigenvalue weighted by Crippen LogP contribution is -2.19. The number of ether oxygens (including phenoxy) is 1. The van der Waals surface area contributed by atoms with Gasteiger partial charge in [0.2, 0.25) is 5.43 Å². The molecule has 1 aliphatic carbocycles. The smallest absolute Gasteiger partial charge is 0.341 e. The average Bonchev–Trinajstić information content (AvgIpc) is 3.59. The number of methoxy groups -OCH3 is 1. The zero-order valence-corrected chi connectivity index (χ0v) is 16.8. The summed E-state index contributed by atoms with van der Waals surface area (Å²) in [6.45, 7) is 0.195. The van der Waals surface area contributed by atoms with Gasteiger partial charge in [0.15, 0.2) is 5.75 Å². The number of benzene rings is 1. The second kappa shape index (κ2) is 8.92. The van der Waals surface area contributed by atoms with Gasteiger partial charge in [0, 0.05) is 18.8 Å². The number of pyridine rings is 2. The molecular weight excluding hydrogens is 405 g/mol. The van der Waals surface area contributed by atoms with Crippen molar-refractivity contribution in [3.05, 3.63) is 57.8 Å². The molecule has 0 atom stereocenters. The topological polar surface area (TPSA) is 157 Å². The number of nitrogens with two attached hydrogens (primary N) is 2. The van der Waals surface area contributed by atoms with Gasteiger partial charge < -0.3 is 25.9 Å². The molecule has 6 N–H and O–H groups in total. The van der Waals surface area contributed by atoms with E-state index in [0.717, 1.165) is 25.2 Å². The quantitative estimate of drug-likeness (QED) is 0.359. The van der Waals surface area contributed by atoms with Crippen LogP contribution in [0.1, 0.15) is 34.9 Å². The number of aromatic carboxylic acids is 1. The van der Waals surface area contributed by atoms with Gasteiger partial charge in [0.1, 0.15) is 11.4 Å². The second-order valence-corrected chi connectivity index (χ2v) is 6.86. The molecule has 0 amide bonds. The molecule has 0 radical (unpaired) electrons. The van der Waals surface area contributed by atoms with Gasteiger partial charge >= 0.3 is 5.97 Å². The van der Waals surface area contributed by atoms with E-state index in [-0.39, 0.29) is 29.3 Å². The summed E-state index contributed by atoms with van der Waals surface area (Å²) in [7, 11) is 1.39. The predicted octanol–water partition coefficient (Wildman–Crippen LogP) is 2.26. The zero-order chi connectivity index (χ0) is 22.7. The Bertz CT molecular complexity index is 1220. The molecule has 31 heavy (non-hydrogen) atoms. The number of hydrogen-bond acceptors (Lipinski definition) is 6. The van der Waals surface area contributed by atoms with E-state index in [1.54, 1.807) is 22.8 Å². The van der Waals surface area contributed by atoms with E-state index in [9.17, 15) is 14.7 Å². The van der Waals surface area contributed by atoms with Crippen LogP contribution >= 0.6 is 0 Å². The fourth-order valence-corrected chi connectivity index (χ4v) is 3.42. The van der Waals surface area contributed by atoms with E-state index in [1.807, 2.05) is 0 Å². The van der Waals surface area contributed by atoms with Crippen LogP contribution in [0.5, 0.6) is 5.75 Å². The number of nitrogens with one attached hydrogen (secondary N) is 1. The van der Waals surface area contributed by atoms with E-state index in [1.165, 1.54) is 13.3 Å².